The van der Waals surface area contributed by atoms with E-state index in [-0.39, 0.29) is 35.6 Å². The lowest BCUT2D eigenvalue weighted by Gasteiger charge is -2.34. The molecule has 7 heteroatoms. The zero-order valence-corrected chi connectivity index (χ0v) is 19.8. The number of carbonyl (C=O) groups is 3. The van der Waals surface area contributed by atoms with Gasteiger partial charge >= 0.3 is 0 Å². The van der Waals surface area contributed by atoms with Crippen LogP contribution in [0.15, 0.2) is 30.3 Å². The molecule has 2 fully saturated rings. The maximum atomic E-state index is 13.6. The van der Waals surface area contributed by atoms with Crippen molar-refractivity contribution in [3.8, 4) is 0 Å². The quantitative estimate of drug-likeness (QED) is 0.644. The molecule has 3 rings (SSSR count). The largest absolute Gasteiger partial charge is 0.343 e. The Kier molecular flexibility index (Phi) is 8.29. The second kappa shape index (κ2) is 10.9. The minimum absolute atomic E-state index is 0.0618. The lowest BCUT2D eigenvalue weighted by atomic mass is 9.95. The molecule has 7 nitrogen and oxygen atoms in total. The molecule has 0 saturated carbocycles. The molecule has 1 aromatic rings. The topological polar surface area (TPSA) is 81.8 Å². The molecule has 0 aromatic heterocycles. The first-order chi connectivity index (χ1) is 15.3. The van der Waals surface area contributed by atoms with E-state index in [0.29, 0.717) is 13.1 Å². The Balaban J connectivity index is 1.73. The van der Waals surface area contributed by atoms with Gasteiger partial charge in [0.2, 0.25) is 17.7 Å². The predicted octanol–water partition coefficient (Wildman–Crippen LogP) is 1.82. The van der Waals surface area contributed by atoms with Gasteiger partial charge in [0.15, 0.2) is 0 Å². The SMILES string of the molecule is CN[C@@H](C)C(=O)N[C@H](C(=O)N1CC[C@@H]2CCCN(CCc3ccccc3)C(=O)[C@@H]21)C(C)C. The lowest BCUT2D eigenvalue weighted by Crippen LogP contribution is -2.58. The third-order valence-corrected chi connectivity index (χ3v) is 6.94. The minimum atomic E-state index is -0.633. The van der Waals surface area contributed by atoms with E-state index in [0.717, 1.165) is 32.2 Å². The maximum Gasteiger partial charge on any atom is 0.246 e. The summed E-state index contributed by atoms with van der Waals surface area (Å²) in [4.78, 5) is 43.3. The van der Waals surface area contributed by atoms with Gasteiger partial charge in [0.1, 0.15) is 12.1 Å². The number of likely N-dealkylation sites (tertiary alicyclic amines) is 2. The molecule has 2 aliphatic rings. The van der Waals surface area contributed by atoms with E-state index in [9.17, 15) is 14.4 Å². The molecule has 0 radical (unpaired) electrons. The molecule has 2 N–H and O–H groups in total. The Morgan fingerprint density at radius 1 is 1.09 bits per heavy atom. The van der Waals surface area contributed by atoms with Crippen LogP contribution in [0.25, 0.3) is 0 Å². The average Bonchev–Trinajstić information content (AvgIpc) is 3.15. The number of hydrogen-bond acceptors (Lipinski definition) is 4. The van der Waals surface area contributed by atoms with Crippen LogP contribution >= 0.6 is 0 Å². The van der Waals surface area contributed by atoms with Gasteiger partial charge in [-0.3, -0.25) is 14.4 Å². The molecule has 4 atom stereocenters. The molecular formula is C25H38N4O3. The fraction of sp³-hybridized carbons (Fsp3) is 0.640. The van der Waals surface area contributed by atoms with Gasteiger partial charge in [0.25, 0.3) is 0 Å². The van der Waals surface area contributed by atoms with Gasteiger partial charge in [-0.1, -0.05) is 44.2 Å². The summed E-state index contributed by atoms with van der Waals surface area (Å²) in [7, 11) is 1.72. The van der Waals surface area contributed by atoms with Crippen LogP contribution in [0.5, 0.6) is 0 Å². The van der Waals surface area contributed by atoms with E-state index < -0.39 is 12.1 Å². The van der Waals surface area contributed by atoms with Gasteiger partial charge in [0.05, 0.1) is 6.04 Å². The predicted molar refractivity (Wildman–Crippen MR) is 125 cm³/mol. The van der Waals surface area contributed by atoms with Crippen LogP contribution in [0.3, 0.4) is 0 Å². The fourth-order valence-electron chi connectivity index (χ4n) is 4.81. The van der Waals surface area contributed by atoms with E-state index in [4.69, 9.17) is 0 Å². The number of fused-ring (bicyclic) bond motifs is 1. The van der Waals surface area contributed by atoms with E-state index in [1.807, 2.05) is 36.9 Å². The van der Waals surface area contributed by atoms with Crippen molar-refractivity contribution in [3.63, 3.8) is 0 Å². The lowest BCUT2D eigenvalue weighted by molar-refractivity contribution is -0.146. The molecule has 32 heavy (non-hydrogen) atoms. The van der Waals surface area contributed by atoms with Crippen LogP contribution in [-0.2, 0) is 20.8 Å². The first-order valence-electron chi connectivity index (χ1n) is 11.9. The average molecular weight is 443 g/mol. The van der Waals surface area contributed by atoms with Crippen LogP contribution in [0.1, 0.15) is 45.6 Å². The number of likely N-dealkylation sites (N-methyl/N-ethyl adjacent to an activating group) is 1. The minimum Gasteiger partial charge on any atom is -0.343 e. The van der Waals surface area contributed by atoms with Gasteiger partial charge in [-0.25, -0.2) is 0 Å². The molecule has 0 aliphatic carbocycles. The summed E-state index contributed by atoms with van der Waals surface area (Å²) in [5.41, 5.74) is 1.21. The molecule has 1 aromatic carbocycles. The summed E-state index contributed by atoms with van der Waals surface area (Å²) in [5.74, 6) is -0.140. The highest BCUT2D eigenvalue weighted by Gasteiger charge is 2.46. The van der Waals surface area contributed by atoms with Crippen LogP contribution in [0, 0.1) is 11.8 Å². The molecule has 0 spiro atoms. The maximum absolute atomic E-state index is 13.6. The van der Waals surface area contributed by atoms with Crippen molar-refractivity contribution in [1.29, 1.82) is 0 Å². The van der Waals surface area contributed by atoms with Crippen molar-refractivity contribution in [3.05, 3.63) is 35.9 Å². The number of benzene rings is 1. The summed E-state index contributed by atoms with van der Waals surface area (Å²) in [6.45, 7) is 7.61. The third-order valence-electron chi connectivity index (χ3n) is 6.94. The monoisotopic (exact) mass is 442 g/mol. The second-order valence-corrected chi connectivity index (χ2v) is 9.47. The smallest absolute Gasteiger partial charge is 0.246 e. The number of nitrogens with zero attached hydrogens (tertiary/aromatic N) is 2. The van der Waals surface area contributed by atoms with Crippen molar-refractivity contribution in [2.75, 3.05) is 26.7 Å². The van der Waals surface area contributed by atoms with Crippen molar-refractivity contribution in [2.45, 2.75) is 64.6 Å². The third kappa shape index (κ3) is 5.49. The number of nitrogens with one attached hydrogen (secondary N) is 2. The summed E-state index contributed by atoms with van der Waals surface area (Å²) in [6.07, 6.45) is 3.58. The first-order valence-corrected chi connectivity index (χ1v) is 11.9. The van der Waals surface area contributed by atoms with Gasteiger partial charge in [-0.05, 0) is 57.1 Å². The highest BCUT2D eigenvalue weighted by Crippen LogP contribution is 2.33. The molecular weight excluding hydrogens is 404 g/mol. The molecule has 0 unspecified atom stereocenters. The summed E-state index contributed by atoms with van der Waals surface area (Å²) in [5, 5.41) is 5.82. The molecule has 0 bridgehead atoms. The summed E-state index contributed by atoms with van der Waals surface area (Å²) in [6, 6.07) is 8.76. The zero-order valence-electron chi connectivity index (χ0n) is 19.8. The Hall–Kier alpha value is -2.41. The molecule has 2 heterocycles. The Morgan fingerprint density at radius 3 is 2.47 bits per heavy atom. The first kappa shape index (κ1) is 24.2. The number of amides is 3. The van der Waals surface area contributed by atoms with Crippen molar-refractivity contribution >= 4 is 17.7 Å². The van der Waals surface area contributed by atoms with Crippen LogP contribution in [-0.4, -0.2) is 72.3 Å². The Morgan fingerprint density at radius 2 is 1.81 bits per heavy atom. The van der Waals surface area contributed by atoms with E-state index in [2.05, 4.69) is 22.8 Å². The molecule has 3 amide bonds. The van der Waals surface area contributed by atoms with Gasteiger partial charge < -0.3 is 20.4 Å². The summed E-state index contributed by atoms with van der Waals surface area (Å²) >= 11 is 0. The number of rotatable bonds is 8. The van der Waals surface area contributed by atoms with Crippen molar-refractivity contribution in [1.82, 2.24) is 20.4 Å². The second-order valence-electron chi connectivity index (χ2n) is 9.47. The highest BCUT2D eigenvalue weighted by atomic mass is 16.2. The van der Waals surface area contributed by atoms with Gasteiger partial charge in [-0.2, -0.15) is 0 Å². The van der Waals surface area contributed by atoms with Crippen LogP contribution in [0.2, 0.25) is 0 Å². The number of hydrogen-bond donors (Lipinski definition) is 2. The molecule has 2 saturated heterocycles. The van der Waals surface area contributed by atoms with E-state index in [1.165, 1.54) is 5.56 Å². The van der Waals surface area contributed by atoms with Crippen molar-refractivity contribution in [2.24, 2.45) is 11.8 Å². The van der Waals surface area contributed by atoms with E-state index in [1.54, 1.807) is 18.9 Å². The van der Waals surface area contributed by atoms with Crippen LogP contribution < -0.4 is 10.6 Å². The van der Waals surface area contributed by atoms with Crippen molar-refractivity contribution < 1.29 is 14.4 Å². The standard InChI is InChI=1S/C25H38N4O3/c1-17(2)21(27-23(30)18(3)26-4)24(31)29-16-13-20-11-8-14-28(25(32)22(20)29)15-12-19-9-6-5-7-10-19/h5-7,9-10,17-18,20-22,26H,8,11-16H2,1-4H3,(H,27,30)/t18-,20-,21-,22+/m0/s1. The van der Waals surface area contributed by atoms with E-state index >= 15 is 0 Å². The summed E-state index contributed by atoms with van der Waals surface area (Å²) < 4.78 is 0. The van der Waals surface area contributed by atoms with Gasteiger partial charge in [-0.15, -0.1) is 0 Å². The zero-order chi connectivity index (χ0) is 23.3. The molecule has 2 aliphatic heterocycles. The number of carbonyl (C=O) groups excluding carboxylic acids is 3. The fourth-order valence-corrected chi connectivity index (χ4v) is 4.81. The normalized spacial score (nSPS) is 23.0. The van der Waals surface area contributed by atoms with Crippen LogP contribution in [0.4, 0.5) is 0 Å². The Labute approximate surface area is 191 Å². The molecule has 176 valence electrons. The highest BCUT2D eigenvalue weighted by molar-refractivity contribution is 5.93. The van der Waals surface area contributed by atoms with Gasteiger partial charge in [0, 0.05) is 19.6 Å². The Bertz CT molecular complexity index is 798.